The molecule has 2 aromatic heterocycles. The number of amides is 1. The average molecular weight is 411 g/mol. The standard InChI is InChI=1S/C19H24F3N5O2/c1-2-3-15-25-18(29-26-15)7-6-17(28)24-14-8-10-27(11-9-14)16-5-4-13(12-23-16)19(20,21)22/h4-5,12,14H,2-3,6-11H2,1H3,(H,24,28). The Morgan fingerprint density at radius 2 is 2.03 bits per heavy atom. The summed E-state index contributed by atoms with van der Waals surface area (Å²) < 4.78 is 43.0. The van der Waals surface area contributed by atoms with Crippen molar-refractivity contribution in [2.24, 2.45) is 0 Å². The number of carbonyl (C=O) groups is 1. The summed E-state index contributed by atoms with van der Waals surface area (Å²) in [6.45, 7) is 3.27. The number of rotatable bonds is 7. The first-order valence-corrected chi connectivity index (χ1v) is 9.74. The molecule has 3 rings (SSSR count). The largest absolute Gasteiger partial charge is 0.417 e. The van der Waals surface area contributed by atoms with E-state index in [-0.39, 0.29) is 18.4 Å². The lowest BCUT2D eigenvalue weighted by Crippen LogP contribution is -2.45. The molecule has 1 aliphatic rings. The third kappa shape index (κ3) is 5.91. The second-order valence-electron chi connectivity index (χ2n) is 7.09. The second-order valence-corrected chi connectivity index (χ2v) is 7.09. The molecule has 1 fully saturated rings. The van der Waals surface area contributed by atoms with E-state index in [0.717, 1.165) is 25.1 Å². The Kier molecular flexibility index (Phi) is 6.71. The minimum absolute atomic E-state index is 0.0338. The molecule has 0 aliphatic carbocycles. The molecular formula is C19H24F3N5O2. The van der Waals surface area contributed by atoms with Crippen LogP contribution in [0.1, 0.15) is 49.9 Å². The maximum absolute atomic E-state index is 12.6. The summed E-state index contributed by atoms with van der Waals surface area (Å²) in [6.07, 6.45) is 0.229. The summed E-state index contributed by atoms with van der Waals surface area (Å²) in [5.74, 6) is 1.56. The summed E-state index contributed by atoms with van der Waals surface area (Å²) in [4.78, 5) is 22.3. The number of aromatic nitrogens is 3. The van der Waals surface area contributed by atoms with E-state index in [9.17, 15) is 18.0 Å². The first-order chi connectivity index (χ1) is 13.8. The van der Waals surface area contributed by atoms with Gasteiger partial charge < -0.3 is 14.7 Å². The van der Waals surface area contributed by atoms with Crippen LogP contribution in [0.15, 0.2) is 22.9 Å². The number of alkyl halides is 3. The molecule has 1 amide bonds. The first-order valence-electron chi connectivity index (χ1n) is 9.74. The van der Waals surface area contributed by atoms with Crippen molar-refractivity contribution in [3.05, 3.63) is 35.6 Å². The van der Waals surface area contributed by atoms with Crippen LogP contribution in [-0.2, 0) is 23.8 Å². The Bertz CT molecular complexity index is 799. The van der Waals surface area contributed by atoms with Gasteiger partial charge in [-0.2, -0.15) is 18.2 Å². The molecule has 2 aromatic rings. The number of carbonyl (C=O) groups excluding carboxylic acids is 1. The summed E-state index contributed by atoms with van der Waals surface area (Å²) in [7, 11) is 0. The Morgan fingerprint density at radius 3 is 2.66 bits per heavy atom. The molecule has 0 atom stereocenters. The zero-order valence-corrected chi connectivity index (χ0v) is 16.2. The molecule has 1 N–H and O–H groups in total. The molecule has 3 heterocycles. The molecule has 1 aliphatic heterocycles. The molecule has 1 saturated heterocycles. The van der Waals surface area contributed by atoms with E-state index in [1.54, 1.807) is 0 Å². The predicted octanol–water partition coefficient (Wildman–Crippen LogP) is 3.15. The number of halogens is 3. The molecule has 0 saturated carbocycles. The molecular weight excluding hydrogens is 387 g/mol. The number of nitrogens with one attached hydrogen (secondary N) is 1. The maximum Gasteiger partial charge on any atom is 0.417 e. The van der Waals surface area contributed by atoms with E-state index in [2.05, 4.69) is 20.4 Å². The van der Waals surface area contributed by atoms with Crippen LogP contribution >= 0.6 is 0 Å². The predicted molar refractivity (Wildman–Crippen MR) is 99.2 cm³/mol. The van der Waals surface area contributed by atoms with Crippen LogP contribution < -0.4 is 10.2 Å². The quantitative estimate of drug-likeness (QED) is 0.754. The van der Waals surface area contributed by atoms with Crippen molar-refractivity contribution >= 4 is 11.7 Å². The number of piperidine rings is 1. The molecule has 29 heavy (non-hydrogen) atoms. The Labute approximate surface area is 166 Å². The third-order valence-corrected chi connectivity index (χ3v) is 4.81. The zero-order valence-electron chi connectivity index (χ0n) is 16.2. The number of pyridine rings is 1. The summed E-state index contributed by atoms with van der Waals surface area (Å²) in [6, 6.07) is 2.46. The minimum atomic E-state index is -4.39. The van der Waals surface area contributed by atoms with Crippen molar-refractivity contribution in [3.63, 3.8) is 0 Å². The van der Waals surface area contributed by atoms with Gasteiger partial charge in [-0.1, -0.05) is 12.1 Å². The minimum Gasteiger partial charge on any atom is -0.356 e. The van der Waals surface area contributed by atoms with Gasteiger partial charge in [0, 0.05) is 44.6 Å². The van der Waals surface area contributed by atoms with Gasteiger partial charge in [0.2, 0.25) is 11.8 Å². The highest BCUT2D eigenvalue weighted by atomic mass is 19.4. The summed E-state index contributed by atoms with van der Waals surface area (Å²) in [5.41, 5.74) is -0.758. The van der Waals surface area contributed by atoms with Crippen LogP contribution in [0.3, 0.4) is 0 Å². The fourth-order valence-corrected chi connectivity index (χ4v) is 3.23. The number of aryl methyl sites for hydroxylation is 2. The van der Waals surface area contributed by atoms with Gasteiger partial charge in [0.15, 0.2) is 5.82 Å². The van der Waals surface area contributed by atoms with Gasteiger partial charge >= 0.3 is 6.18 Å². The van der Waals surface area contributed by atoms with E-state index < -0.39 is 11.7 Å². The fraction of sp³-hybridized carbons (Fsp3) is 0.579. The Hall–Kier alpha value is -2.65. The van der Waals surface area contributed by atoms with Gasteiger partial charge in [-0.15, -0.1) is 0 Å². The number of anilines is 1. The smallest absolute Gasteiger partial charge is 0.356 e. The van der Waals surface area contributed by atoms with Gasteiger partial charge in [0.05, 0.1) is 5.56 Å². The fourth-order valence-electron chi connectivity index (χ4n) is 3.23. The van der Waals surface area contributed by atoms with Crippen LogP contribution in [-0.4, -0.2) is 40.2 Å². The van der Waals surface area contributed by atoms with Crippen molar-refractivity contribution in [1.29, 1.82) is 0 Å². The van der Waals surface area contributed by atoms with Crippen LogP contribution in [0.4, 0.5) is 19.0 Å². The third-order valence-electron chi connectivity index (χ3n) is 4.81. The highest BCUT2D eigenvalue weighted by Gasteiger charge is 2.31. The van der Waals surface area contributed by atoms with E-state index in [1.807, 2.05) is 11.8 Å². The van der Waals surface area contributed by atoms with Gasteiger partial charge in [-0.3, -0.25) is 4.79 Å². The van der Waals surface area contributed by atoms with E-state index >= 15 is 0 Å². The first kappa shape index (κ1) is 21.1. The van der Waals surface area contributed by atoms with Gasteiger partial charge in [0.25, 0.3) is 0 Å². The highest BCUT2D eigenvalue weighted by molar-refractivity contribution is 5.76. The Balaban J connectivity index is 1.41. The zero-order chi connectivity index (χ0) is 20.9. The number of hydrogen-bond donors (Lipinski definition) is 1. The van der Waals surface area contributed by atoms with E-state index in [4.69, 9.17) is 4.52 Å². The molecule has 0 unspecified atom stereocenters. The van der Waals surface area contributed by atoms with Crippen LogP contribution in [0.2, 0.25) is 0 Å². The average Bonchev–Trinajstić information content (AvgIpc) is 3.14. The molecule has 7 nitrogen and oxygen atoms in total. The summed E-state index contributed by atoms with van der Waals surface area (Å²) >= 11 is 0. The number of hydrogen-bond acceptors (Lipinski definition) is 6. The van der Waals surface area contributed by atoms with Crippen LogP contribution in [0.25, 0.3) is 0 Å². The van der Waals surface area contributed by atoms with Crippen molar-refractivity contribution in [1.82, 2.24) is 20.4 Å². The van der Waals surface area contributed by atoms with Crippen LogP contribution in [0.5, 0.6) is 0 Å². The number of nitrogens with zero attached hydrogens (tertiary/aromatic N) is 4. The SMILES string of the molecule is CCCc1noc(CCC(=O)NC2CCN(c3ccc(C(F)(F)F)cn3)CC2)n1. The molecule has 0 aromatic carbocycles. The van der Waals surface area contributed by atoms with E-state index in [0.29, 0.717) is 49.9 Å². The van der Waals surface area contributed by atoms with Crippen molar-refractivity contribution < 1.29 is 22.5 Å². The molecule has 0 spiro atoms. The second kappa shape index (κ2) is 9.23. The molecule has 158 valence electrons. The normalized spacial score (nSPS) is 15.5. The summed E-state index contributed by atoms with van der Waals surface area (Å²) in [5, 5.41) is 6.86. The lowest BCUT2D eigenvalue weighted by atomic mass is 10.0. The van der Waals surface area contributed by atoms with Gasteiger partial charge in [-0.25, -0.2) is 4.98 Å². The highest BCUT2D eigenvalue weighted by Crippen LogP contribution is 2.29. The molecule has 0 radical (unpaired) electrons. The van der Waals surface area contributed by atoms with Crippen molar-refractivity contribution in [2.45, 2.75) is 57.7 Å². The van der Waals surface area contributed by atoms with Gasteiger partial charge in [0.1, 0.15) is 5.82 Å². The lowest BCUT2D eigenvalue weighted by Gasteiger charge is -2.33. The molecule has 10 heteroatoms. The lowest BCUT2D eigenvalue weighted by molar-refractivity contribution is -0.137. The van der Waals surface area contributed by atoms with Gasteiger partial charge in [-0.05, 0) is 31.4 Å². The topological polar surface area (TPSA) is 84.2 Å². The van der Waals surface area contributed by atoms with E-state index in [1.165, 1.54) is 6.07 Å². The van der Waals surface area contributed by atoms with Crippen molar-refractivity contribution in [3.8, 4) is 0 Å². The van der Waals surface area contributed by atoms with Crippen LogP contribution in [0, 0.1) is 0 Å². The molecule has 0 bridgehead atoms. The monoisotopic (exact) mass is 411 g/mol. The van der Waals surface area contributed by atoms with Crippen molar-refractivity contribution in [2.75, 3.05) is 18.0 Å². The maximum atomic E-state index is 12.6. The Morgan fingerprint density at radius 1 is 1.28 bits per heavy atom.